The fourth-order valence-electron chi connectivity index (χ4n) is 6.79. The van der Waals surface area contributed by atoms with Gasteiger partial charge in [0.05, 0.1) is 11.6 Å². The molecule has 7 N–H and O–H groups in total. The van der Waals surface area contributed by atoms with Gasteiger partial charge in [0.2, 0.25) is 5.78 Å². The van der Waals surface area contributed by atoms with Crippen LogP contribution < -0.4 is 15.8 Å². The molecule has 1 saturated carbocycles. The number of alkyl halides is 3. The lowest BCUT2D eigenvalue weighted by Crippen LogP contribution is -2.66. The molecule has 3 aliphatic carbocycles. The fraction of sp³-hybridized carbons (Fsp3) is 0.519. The summed E-state index contributed by atoms with van der Waals surface area (Å²) in [4.78, 5) is 40.9. The highest BCUT2D eigenvalue weighted by Crippen LogP contribution is 2.54. The Labute approximate surface area is 232 Å². The minimum atomic E-state index is -5.11. The van der Waals surface area contributed by atoms with E-state index in [1.807, 2.05) is 4.90 Å². The van der Waals surface area contributed by atoms with Gasteiger partial charge in [0.1, 0.15) is 28.6 Å². The molecule has 1 aromatic rings. The maximum absolute atomic E-state index is 13.8. The first kappa shape index (κ1) is 28.9. The van der Waals surface area contributed by atoms with Crippen molar-refractivity contribution in [3.63, 3.8) is 0 Å². The molecule has 2 fully saturated rings. The quantitative estimate of drug-likeness (QED) is 0.269. The van der Waals surface area contributed by atoms with Gasteiger partial charge in [-0.25, -0.2) is 0 Å². The van der Waals surface area contributed by atoms with Gasteiger partial charge in [0.15, 0.2) is 11.4 Å². The monoisotopic (exact) mass is 581 g/mol. The van der Waals surface area contributed by atoms with Crippen molar-refractivity contribution in [1.29, 1.82) is 0 Å². The van der Waals surface area contributed by atoms with Gasteiger partial charge >= 0.3 is 6.36 Å². The number of hydrogen-bond acceptors (Lipinski definition) is 10. The predicted molar refractivity (Wildman–Crippen MR) is 135 cm³/mol. The number of hydrogen-bond donors (Lipinski definition) is 6. The first-order valence-corrected chi connectivity index (χ1v) is 13.3. The minimum Gasteiger partial charge on any atom is -0.508 e. The molecule has 0 spiro atoms. The number of halogens is 3. The maximum atomic E-state index is 13.8. The summed E-state index contributed by atoms with van der Waals surface area (Å²) in [5.41, 5.74) is 0.403. The molecule has 4 aliphatic rings. The number of nitrogens with two attached hydrogens (primary N) is 1. The molecular weight excluding hydrogens is 551 g/mol. The standard InChI is InChI=1S/C27H30F3N3O8/c1-2-32-19-14-8-11-7-13-17(15(34)9-12(10-33-5-3-4-6-33)22(13)41-27(28,29)30)20(35)16(11)23(37)26(14,40)24(38)18(21(19)36)25(31)39/h9,11,14,19,32,34-35,38,40H,2-8,10H2,1H3,(H2,31,39)/t11-,14-,19-,26-/m0/s1. The zero-order valence-corrected chi connectivity index (χ0v) is 22.0. The summed E-state index contributed by atoms with van der Waals surface area (Å²) < 4.78 is 45.3. The molecule has 0 unspecified atom stereocenters. The van der Waals surface area contributed by atoms with Crippen molar-refractivity contribution in [3.8, 4) is 11.5 Å². The number of aliphatic hydroxyl groups excluding tert-OH is 2. The van der Waals surface area contributed by atoms with E-state index in [2.05, 4.69) is 10.1 Å². The summed E-state index contributed by atoms with van der Waals surface area (Å²) in [5.74, 6) is -9.32. The summed E-state index contributed by atoms with van der Waals surface area (Å²) in [7, 11) is 0. The summed E-state index contributed by atoms with van der Waals surface area (Å²) in [6.07, 6.45) is -3.97. The van der Waals surface area contributed by atoms with E-state index in [0.29, 0.717) is 13.1 Å². The van der Waals surface area contributed by atoms with Crippen LogP contribution in [0.2, 0.25) is 0 Å². The van der Waals surface area contributed by atoms with Gasteiger partial charge in [-0.05, 0) is 57.3 Å². The zero-order valence-electron chi connectivity index (χ0n) is 22.0. The number of aromatic hydroxyl groups is 1. The number of carbonyl (C=O) groups is 3. The number of carbonyl (C=O) groups excluding carboxylic acids is 3. The number of likely N-dealkylation sites (tertiary alicyclic amines) is 1. The predicted octanol–water partition coefficient (Wildman–Crippen LogP) is 1.51. The molecule has 1 saturated heterocycles. The molecule has 1 heterocycles. The number of amides is 1. The van der Waals surface area contributed by atoms with E-state index in [1.54, 1.807) is 6.92 Å². The third-order valence-electron chi connectivity index (χ3n) is 8.46. The number of primary amides is 1. The molecule has 0 bridgehead atoms. The van der Waals surface area contributed by atoms with Crippen LogP contribution in [0.5, 0.6) is 11.5 Å². The smallest absolute Gasteiger partial charge is 0.508 e. The zero-order chi connectivity index (χ0) is 30.0. The molecule has 4 atom stereocenters. The molecule has 222 valence electrons. The molecule has 0 radical (unpaired) electrons. The Morgan fingerprint density at radius 2 is 1.88 bits per heavy atom. The number of nitrogens with one attached hydrogen (secondary N) is 1. The molecule has 1 aromatic carbocycles. The fourth-order valence-corrected chi connectivity index (χ4v) is 6.79. The minimum absolute atomic E-state index is 0.0421. The summed E-state index contributed by atoms with van der Waals surface area (Å²) in [6, 6.07) is -0.304. The lowest BCUT2D eigenvalue weighted by molar-refractivity contribution is -0.275. The lowest BCUT2D eigenvalue weighted by atomic mass is 9.57. The molecule has 0 aromatic heterocycles. The molecule has 41 heavy (non-hydrogen) atoms. The molecule has 14 heteroatoms. The Morgan fingerprint density at radius 3 is 2.46 bits per heavy atom. The Kier molecular flexibility index (Phi) is 7.07. The van der Waals surface area contributed by atoms with Crippen molar-refractivity contribution < 1.29 is 52.7 Å². The third kappa shape index (κ3) is 4.53. The summed E-state index contributed by atoms with van der Waals surface area (Å²) in [6.45, 7) is 3.10. The number of rotatable bonds is 6. The van der Waals surface area contributed by atoms with Gasteiger partial charge in [-0.1, -0.05) is 6.92 Å². The number of ketones is 2. The SMILES string of the molecule is CCN[C@@H]1C(=O)C(C(N)=O)=C(O)[C@@]2(O)C(=O)C3=C(O)c4c(O)cc(CN5CCCC5)c(OC(F)(F)F)c4C[C@H]3C[C@@H]12. The van der Waals surface area contributed by atoms with Gasteiger partial charge < -0.3 is 36.2 Å². The van der Waals surface area contributed by atoms with Gasteiger partial charge in [-0.3, -0.25) is 19.3 Å². The van der Waals surface area contributed by atoms with Crippen LogP contribution in [0.3, 0.4) is 0 Å². The van der Waals surface area contributed by atoms with Crippen molar-refractivity contribution in [1.82, 2.24) is 10.2 Å². The van der Waals surface area contributed by atoms with Crippen LogP contribution in [0.1, 0.15) is 42.9 Å². The second-order valence-electron chi connectivity index (χ2n) is 10.9. The number of Topliss-reactive ketones (excluding diaryl/α,β-unsaturated/α-hetero) is 2. The number of ether oxygens (including phenoxy) is 1. The summed E-state index contributed by atoms with van der Waals surface area (Å²) >= 11 is 0. The van der Waals surface area contributed by atoms with E-state index in [0.717, 1.165) is 18.9 Å². The number of phenols is 1. The van der Waals surface area contributed by atoms with Crippen LogP contribution in [0.25, 0.3) is 5.76 Å². The number of aliphatic hydroxyl groups is 3. The first-order valence-electron chi connectivity index (χ1n) is 13.3. The van der Waals surface area contributed by atoms with Gasteiger partial charge in [-0.2, -0.15) is 0 Å². The van der Waals surface area contributed by atoms with Crippen molar-refractivity contribution in [2.75, 3.05) is 19.6 Å². The van der Waals surface area contributed by atoms with E-state index in [-0.39, 0.29) is 37.1 Å². The van der Waals surface area contributed by atoms with Crippen molar-refractivity contribution in [2.45, 2.75) is 57.2 Å². The third-order valence-corrected chi connectivity index (χ3v) is 8.46. The van der Waals surface area contributed by atoms with Gasteiger partial charge in [0, 0.05) is 29.2 Å². The first-order chi connectivity index (χ1) is 19.2. The van der Waals surface area contributed by atoms with Crippen LogP contribution >= 0.6 is 0 Å². The number of fused-ring (bicyclic) bond motifs is 3. The highest BCUT2D eigenvalue weighted by atomic mass is 19.4. The van der Waals surface area contributed by atoms with Gasteiger partial charge in [0.25, 0.3) is 5.91 Å². The van der Waals surface area contributed by atoms with Crippen molar-refractivity contribution in [2.24, 2.45) is 17.6 Å². The molecular formula is C27H30F3N3O8. The van der Waals surface area contributed by atoms with E-state index < -0.39 is 87.0 Å². The van der Waals surface area contributed by atoms with E-state index in [1.165, 1.54) is 0 Å². The maximum Gasteiger partial charge on any atom is 0.573 e. The van der Waals surface area contributed by atoms with Crippen molar-refractivity contribution in [3.05, 3.63) is 39.7 Å². The number of benzene rings is 1. The van der Waals surface area contributed by atoms with E-state index in [4.69, 9.17) is 5.73 Å². The second-order valence-corrected chi connectivity index (χ2v) is 10.9. The summed E-state index contributed by atoms with van der Waals surface area (Å²) in [5, 5.41) is 47.4. The number of likely N-dealkylation sites (N-methyl/N-ethyl adjacent to an activating group) is 1. The molecule has 5 rings (SSSR count). The van der Waals surface area contributed by atoms with E-state index in [9.17, 15) is 48.0 Å². The lowest BCUT2D eigenvalue weighted by Gasteiger charge is -2.49. The molecule has 11 nitrogen and oxygen atoms in total. The Hall–Kier alpha value is -3.62. The van der Waals surface area contributed by atoms with Crippen LogP contribution in [0.4, 0.5) is 13.2 Å². The highest BCUT2D eigenvalue weighted by Gasteiger charge is 2.63. The van der Waals surface area contributed by atoms with Crippen LogP contribution in [0.15, 0.2) is 23.0 Å². The average Bonchev–Trinajstić information content (AvgIpc) is 3.38. The second kappa shape index (κ2) is 10.0. The normalized spacial score (nSPS) is 28.5. The highest BCUT2D eigenvalue weighted by molar-refractivity contribution is 6.24. The largest absolute Gasteiger partial charge is 0.573 e. The average molecular weight is 582 g/mol. The Morgan fingerprint density at radius 1 is 1.22 bits per heavy atom. The van der Waals surface area contributed by atoms with Crippen LogP contribution in [-0.2, 0) is 27.3 Å². The van der Waals surface area contributed by atoms with Gasteiger partial charge in [-0.15, -0.1) is 13.2 Å². The Balaban J connectivity index is 1.69. The molecule has 1 aliphatic heterocycles. The number of phenolic OH excluding ortho intramolecular Hbond substituents is 1. The van der Waals surface area contributed by atoms with Crippen LogP contribution in [0, 0.1) is 11.8 Å². The molecule has 1 amide bonds. The van der Waals surface area contributed by atoms with E-state index >= 15 is 0 Å². The number of nitrogens with zero attached hydrogens (tertiary/aromatic N) is 1. The Bertz CT molecular complexity index is 1400. The topological polar surface area (TPSA) is 183 Å². The van der Waals surface area contributed by atoms with Crippen LogP contribution in [-0.4, -0.2) is 80.4 Å². The van der Waals surface area contributed by atoms with Crippen molar-refractivity contribution >= 4 is 23.2 Å².